The summed E-state index contributed by atoms with van der Waals surface area (Å²) in [6, 6.07) is 9.25. The highest BCUT2D eigenvalue weighted by atomic mass is 35.5. The summed E-state index contributed by atoms with van der Waals surface area (Å²) >= 11 is 5.92. The lowest BCUT2D eigenvalue weighted by Crippen LogP contribution is -3.05. The lowest BCUT2D eigenvalue weighted by molar-refractivity contribution is -0.858. The van der Waals surface area contributed by atoms with E-state index < -0.39 is 17.7 Å². The molecule has 7 heteroatoms. The summed E-state index contributed by atoms with van der Waals surface area (Å²) in [4.78, 5) is 28.3. The van der Waals surface area contributed by atoms with Crippen LogP contribution in [0.2, 0.25) is 5.02 Å². The molecule has 28 heavy (non-hydrogen) atoms. The minimum Gasteiger partial charge on any atom is -0.507 e. The summed E-state index contributed by atoms with van der Waals surface area (Å²) < 4.78 is 5.74. The van der Waals surface area contributed by atoms with Crippen molar-refractivity contribution in [1.82, 2.24) is 4.90 Å². The molecule has 0 spiro atoms. The number of quaternary nitrogens is 1. The minimum atomic E-state index is -0.749. The molecule has 1 fully saturated rings. The number of ketones is 1. The van der Waals surface area contributed by atoms with Gasteiger partial charge in [0.2, 0.25) is 0 Å². The molecule has 1 aliphatic rings. The number of hydrogen-bond acceptors (Lipinski definition) is 4. The van der Waals surface area contributed by atoms with Gasteiger partial charge in [0.25, 0.3) is 11.7 Å². The zero-order chi connectivity index (χ0) is 20.4. The van der Waals surface area contributed by atoms with E-state index in [-0.39, 0.29) is 11.3 Å². The summed E-state index contributed by atoms with van der Waals surface area (Å²) in [5.41, 5.74) is 0.465. The predicted octanol–water partition coefficient (Wildman–Crippen LogP) is 2.20. The molecule has 1 amide bonds. The number of aryl methyl sites for hydroxylation is 1. The monoisotopic (exact) mass is 403 g/mol. The van der Waals surface area contributed by atoms with Gasteiger partial charge in [-0.05, 0) is 43.3 Å². The number of nitrogens with one attached hydrogen (secondary N) is 1. The van der Waals surface area contributed by atoms with E-state index in [1.807, 2.05) is 14.1 Å². The molecule has 6 nitrogen and oxygen atoms in total. The Morgan fingerprint density at radius 3 is 2.43 bits per heavy atom. The number of carbonyl (C=O) groups is 2. The van der Waals surface area contributed by atoms with Crippen molar-refractivity contribution in [2.45, 2.75) is 19.4 Å². The van der Waals surface area contributed by atoms with Crippen molar-refractivity contribution in [3.05, 3.63) is 64.1 Å². The van der Waals surface area contributed by atoms with E-state index in [0.29, 0.717) is 28.7 Å². The Morgan fingerprint density at radius 1 is 1.18 bits per heavy atom. The quantitative estimate of drug-likeness (QED) is 0.440. The highest BCUT2D eigenvalue weighted by Crippen LogP contribution is 2.40. The van der Waals surface area contributed by atoms with Gasteiger partial charge >= 0.3 is 0 Å². The average molecular weight is 404 g/mol. The number of aliphatic hydroxyl groups excluding tert-OH is 1. The molecule has 0 bridgehead atoms. The third kappa shape index (κ3) is 3.98. The summed E-state index contributed by atoms with van der Waals surface area (Å²) in [7, 11) is 4.06. The number of benzene rings is 1. The molecule has 1 aromatic heterocycles. The fraction of sp³-hybridized carbons (Fsp3) is 0.333. The van der Waals surface area contributed by atoms with Crippen LogP contribution >= 0.6 is 11.6 Å². The Bertz CT molecular complexity index is 915. The molecular formula is C21H24ClN2O4+. The van der Waals surface area contributed by atoms with Crippen LogP contribution in [0.1, 0.15) is 29.5 Å². The molecule has 1 aromatic carbocycles. The molecule has 2 heterocycles. The summed E-state index contributed by atoms with van der Waals surface area (Å²) in [5, 5.41) is 11.4. The smallest absolute Gasteiger partial charge is 0.295 e. The molecular weight excluding hydrogens is 380 g/mol. The number of amides is 1. The molecule has 2 aromatic rings. The number of nitrogens with zero attached hydrogens (tertiary/aromatic N) is 1. The third-order valence-corrected chi connectivity index (χ3v) is 5.02. The maximum absolute atomic E-state index is 12.8. The highest BCUT2D eigenvalue weighted by Gasteiger charge is 2.47. The Labute approximate surface area is 169 Å². The first kappa shape index (κ1) is 20.2. The van der Waals surface area contributed by atoms with Crippen molar-refractivity contribution in [1.29, 1.82) is 0 Å². The third-order valence-electron chi connectivity index (χ3n) is 4.76. The number of furan rings is 1. The Balaban J connectivity index is 2.05. The van der Waals surface area contributed by atoms with Crippen LogP contribution in [0, 0.1) is 6.92 Å². The number of rotatable bonds is 6. The van der Waals surface area contributed by atoms with Gasteiger partial charge in [0, 0.05) is 23.6 Å². The first-order valence-electron chi connectivity index (χ1n) is 9.19. The second kappa shape index (κ2) is 8.20. The molecule has 1 aliphatic heterocycles. The van der Waals surface area contributed by atoms with E-state index in [1.54, 1.807) is 43.3 Å². The van der Waals surface area contributed by atoms with E-state index in [0.717, 1.165) is 13.0 Å². The number of carbonyl (C=O) groups excluding carboxylic acids is 2. The van der Waals surface area contributed by atoms with Crippen LogP contribution in [-0.4, -0.2) is 48.9 Å². The van der Waals surface area contributed by atoms with Crippen molar-refractivity contribution >= 4 is 29.1 Å². The summed E-state index contributed by atoms with van der Waals surface area (Å²) in [6.45, 7) is 3.05. The van der Waals surface area contributed by atoms with E-state index >= 15 is 0 Å². The van der Waals surface area contributed by atoms with Crippen LogP contribution in [0.15, 0.2) is 46.4 Å². The van der Waals surface area contributed by atoms with Crippen molar-refractivity contribution in [2.24, 2.45) is 0 Å². The molecule has 1 saturated heterocycles. The van der Waals surface area contributed by atoms with Crippen LogP contribution in [-0.2, 0) is 9.59 Å². The molecule has 0 aliphatic carbocycles. The molecule has 0 radical (unpaired) electrons. The molecule has 148 valence electrons. The van der Waals surface area contributed by atoms with Gasteiger partial charge in [0.1, 0.15) is 23.3 Å². The van der Waals surface area contributed by atoms with E-state index in [1.165, 1.54) is 9.80 Å². The number of likely N-dealkylation sites (tertiary alicyclic amines) is 1. The molecule has 1 atom stereocenters. The van der Waals surface area contributed by atoms with Crippen LogP contribution < -0.4 is 4.90 Å². The highest BCUT2D eigenvalue weighted by molar-refractivity contribution is 6.46. The van der Waals surface area contributed by atoms with Gasteiger partial charge in [0.05, 0.1) is 26.2 Å². The Hall–Kier alpha value is -2.57. The zero-order valence-electron chi connectivity index (χ0n) is 16.2. The van der Waals surface area contributed by atoms with Crippen LogP contribution in [0.5, 0.6) is 0 Å². The van der Waals surface area contributed by atoms with E-state index in [4.69, 9.17) is 16.0 Å². The summed E-state index contributed by atoms with van der Waals surface area (Å²) in [6.07, 6.45) is 0.729. The number of aliphatic hydroxyl groups is 1. The largest absolute Gasteiger partial charge is 0.507 e. The lowest BCUT2D eigenvalue weighted by Gasteiger charge is -2.23. The van der Waals surface area contributed by atoms with Crippen molar-refractivity contribution in [3.8, 4) is 0 Å². The van der Waals surface area contributed by atoms with Crippen LogP contribution in [0.3, 0.4) is 0 Å². The van der Waals surface area contributed by atoms with Gasteiger partial charge < -0.3 is 19.3 Å². The standard InChI is InChI=1S/C21H23ClN2O4/c1-13-5-10-16(28-13)18-17(19(25)14-6-8-15(22)9-7-14)20(26)21(27)24(18)12-4-11-23(2)3/h5-10,18,25H,4,11-12H2,1-3H3/p+1/t18-/m0/s1. The van der Waals surface area contributed by atoms with Gasteiger partial charge in [-0.25, -0.2) is 0 Å². The van der Waals surface area contributed by atoms with Gasteiger partial charge in [-0.2, -0.15) is 0 Å². The maximum Gasteiger partial charge on any atom is 0.295 e. The number of hydrogen-bond donors (Lipinski definition) is 2. The SMILES string of the molecule is Cc1ccc([C@H]2C(=C(O)c3ccc(Cl)cc3)C(=O)C(=O)N2CCC[NH+](C)C)o1. The maximum atomic E-state index is 12.8. The second-order valence-corrected chi connectivity index (χ2v) is 7.69. The first-order valence-corrected chi connectivity index (χ1v) is 9.57. The van der Waals surface area contributed by atoms with Crippen molar-refractivity contribution in [3.63, 3.8) is 0 Å². The molecule has 2 N–H and O–H groups in total. The van der Waals surface area contributed by atoms with Gasteiger partial charge in [-0.1, -0.05) is 11.6 Å². The van der Waals surface area contributed by atoms with Gasteiger partial charge in [-0.3, -0.25) is 9.59 Å². The lowest BCUT2D eigenvalue weighted by atomic mass is 9.99. The minimum absolute atomic E-state index is 0.0406. The fourth-order valence-electron chi connectivity index (χ4n) is 3.37. The Kier molecular flexibility index (Phi) is 5.91. The van der Waals surface area contributed by atoms with Crippen molar-refractivity contribution < 1.29 is 24.0 Å². The van der Waals surface area contributed by atoms with Crippen molar-refractivity contribution in [2.75, 3.05) is 27.2 Å². The fourth-order valence-corrected chi connectivity index (χ4v) is 3.50. The van der Waals surface area contributed by atoms with Gasteiger partial charge in [0.15, 0.2) is 0 Å². The number of Topliss-reactive ketones (excluding diaryl/α,β-unsaturated/α-hetero) is 1. The predicted molar refractivity (Wildman–Crippen MR) is 106 cm³/mol. The van der Waals surface area contributed by atoms with Crippen LogP contribution in [0.4, 0.5) is 0 Å². The molecule has 0 unspecified atom stereocenters. The Morgan fingerprint density at radius 2 is 1.86 bits per heavy atom. The number of halogens is 1. The molecule has 3 rings (SSSR count). The summed E-state index contributed by atoms with van der Waals surface area (Å²) in [5.74, 6) is -0.420. The van der Waals surface area contributed by atoms with E-state index in [9.17, 15) is 14.7 Å². The van der Waals surface area contributed by atoms with Gasteiger partial charge in [-0.15, -0.1) is 0 Å². The molecule has 0 saturated carbocycles. The van der Waals surface area contributed by atoms with E-state index in [2.05, 4.69) is 0 Å². The van der Waals surface area contributed by atoms with Crippen LogP contribution in [0.25, 0.3) is 5.76 Å². The zero-order valence-corrected chi connectivity index (χ0v) is 16.9. The average Bonchev–Trinajstić information content (AvgIpc) is 3.18. The first-order chi connectivity index (χ1) is 13.3. The second-order valence-electron chi connectivity index (χ2n) is 7.26. The normalized spacial score (nSPS) is 19.0. The topological polar surface area (TPSA) is 75.2 Å².